The standard InChI is InChI=1S/C16H21N5O4S/c1-23-12-6-10(7-13(24-2)15(12)25-3)8-17-14(22)9-26-16-18-19-20-21(16)11-4-5-11/h6-7,11H,4-5,8-9H2,1-3H3,(H,17,22). The van der Waals surface area contributed by atoms with Gasteiger partial charge in [-0.2, -0.15) is 0 Å². The van der Waals surface area contributed by atoms with Gasteiger partial charge in [-0.05, 0) is 41.0 Å². The van der Waals surface area contributed by atoms with Crippen LogP contribution >= 0.6 is 11.8 Å². The molecule has 9 nitrogen and oxygen atoms in total. The van der Waals surface area contributed by atoms with Crippen LogP contribution in [-0.2, 0) is 11.3 Å². The molecule has 1 fully saturated rings. The Morgan fingerprint density at radius 1 is 1.23 bits per heavy atom. The molecule has 1 aromatic heterocycles. The van der Waals surface area contributed by atoms with Crippen molar-refractivity contribution in [1.29, 1.82) is 0 Å². The van der Waals surface area contributed by atoms with Gasteiger partial charge in [-0.25, -0.2) is 4.68 Å². The highest BCUT2D eigenvalue weighted by atomic mass is 32.2. The summed E-state index contributed by atoms with van der Waals surface area (Å²) in [5.74, 6) is 1.77. The summed E-state index contributed by atoms with van der Waals surface area (Å²) in [7, 11) is 4.66. The van der Waals surface area contributed by atoms with E-state index < -0.39 is 0 Å². The normalized spacial score (nSPS) is 13.3. The van der Waals surface area contributed by atoms with Gasteiger partial charge in [-0.1, -0.05) is 11.8 Å². The number of nitrogens with one attached hydrogen (secondary N) is 1. The molecule has 26 heavy (non-hydrogen) atoms. The van der Waals surface area contributed by atoms with E-state index in [0.717, 1.165) is 18.4 Å². The van der Waals surface area contributed by atoms with E-state index in [-0.39, 0.29) is 11.7 Å². The number of ether oxygens (including phenoxy) is 3. The zero-order valence-electron chi connectivity index (χ0n) is 14.9. The molecule has 1 N–H and O–H groups in total. The first-order chi connectivity index (χ1) is 12.7. The number of tetrazole rings is 1. The van der Waals surface area contributed by atoms with Crippen LogP contribution in [0.1, 0.15) is 24.4 Å². The number of thioether (sulfide) groups is 1. The van der Waals surface area contributed by atoms with Crippen LogP contribution in [-0.4, -0.2) is 53.2 Å². The van der Waals surface area contributed by atoms with Gasteiger partial charge < -0.3 is 19.5 Å². The first kappa shape index (κ1) is 18.3. The molecule has 0 unspecified atom stereocenters. The van der Waals surface area contributed by atoms with Gasteiger partial charge in [0, 0.05) is 6.54 Å². The molecule has 1 heterocycles. The molecule has 0 atom stereocenters. The molecular weight excluding hydrogens is 358 g/mol. The molecular formula is C16H21N5O4S. The Balaban J connectivity index is 1.56. The second-order valence-corrected chi connectivity index (χ2v) is 6.68. The van der Waals surface area contributed by atoms with Gasteiger partial charge in [-0.15, -0.1) is 5.10 Å². The van der Waals surface area contributed by atoms with E-state index in [1.54, 1.807) is 26.0 Å². The molecule has 1 amide bonds. The number of hydrogen-bond donors (Lipinski definition) is 1. The van der Waals surface area contributed by atoms with E-state index in [4.69, 9.17) is 14.2 Å². The minimum atomic E-state index is -0.103. The Morgan fingerprint density at radius 2 is 1.92 bits per heavy atom. The van der Waals surface area contributed by atoms with E-state index in [2.05, 4.69) is 20.8 Å². The summed E-state index contributed by atoms with van der Waals surface area (Å²) in [6.45, 7) is 0.351. The predicted octanol–water partition coefficient (Wildman–Crippen LogP) is 1.44. The van der Waals surface area contributed by atoms with Crippen LogP contribution in [0.3, 0.4) is 0 Å². The molecule has 0 bridgehead atoms. The number of carbonyl (C=O) groups excluding carboxylic acids is 1. The first-order valence-electron chi connectivity index (χ1n) is 8.12. The van der Waals surface area contributed by atoms with Crippen molar-refractivity contribution in [3.8, 4) is 17.2 Å². The number of hydrogen-bond acceptors (Lipinski definition) is 8. The van der Waals surface area contributed by atoms with Crippen molar-refractivity contribution in [2.24, 2.45) is 0 Å². The zero-order valence-corrected chi connectivity index (χ0v) is 15.7. The Bertz CT molecular complexity index is 753. The van der Waals surface area contributed by atoms with Crippen LogP contribution in [0.2, 0.25) is 0 Å². The summed E-state index contributed by atoms with van der Waals surface area (Å²) in [6, 6.07) is 4.00. The van der Waals surface area contributed by atoms with Crippen LogP contribution in [0.4, 0.5) is 0 Å². The van der Waals surface area contributed by atoms with Gasteiger partial charge in [-0.3, -0.25) is 4.79 Å². The Kier molecular flexibility index (Phi) is 5.82. The van der Waals surface area contributed by atoms with Crippen LogP contribution < -0.4 is 19.5 Å². The second kappa shape index (κ2) is 8.26. The fourth-order valence-corrected chi connectivity index (χ4v) is 3.22. The van der Waals surface area contributed by atoms with Crippen molar-refractivity contribution >= 4 is 17.7 Å². The van der Waals surface area contributed by atoms with Crippen molar-refractivity contribution in [2.75, 3.05) is 27.1 Å². The van der Waals surface area contributed by atoms with Crippen molar-refractivity contribution in [3.63, 3.8) is 0 Å². The monoisotopic (exact) mass is 379 g/mol. The van der Waals surface area contributed by atoms with Gasteiger partial charge in [0.1, 0.15) is 0 Å². The summed E-state index contributed by atoms with van der Waals surface area (Å²) in [5.41, 5.74) is 0.848. The van der Waals surface area contributed by atoms with Gasteiger partial charge in [0.05, 0.1) is 33.1 Å². The highest BCUT2D eigenvalue weighted by molar-refractivity contribution is 7.99. The average molecular weight is 379 g/mol. The third kappa shape index (κ3) is 4.18. The number of benzene rings is 1. The zero-order chi connectivity index (χ0) is 18.5. The summed E-state index contributed by atoms with van der Waals surface area (Å²) >= 11 is 1.33. The smallest absolute Gasteiger partial charge is 0.230 e. The van der Waals surface area contributed by atoms with Crippen LogP contribution in [0, 0.1) is 0 Å². The van der Waals surface area contributed by atoms with Crippen LogP contribution in [0.25, 0.3) is 0 Å². The molecule has 1 aromatic carbocycles. The molecule has 140 valence electrons. The van der Waals surface area contributed by atoms with Gasteiger partial charge >= 0.3 is 0 Å². The maximum absolute atomic E-state index is 12.1. The lowest BCUT2D eigenvalue weighted by Crippen LogP contribution is -2.24. The minimum Gasteiger partial charge on any atom is -0.493 e. The number of aromatic nitrogens is 4. The molecule has 2 aromatic rings. The Hall–Kier alpha value is -2.49. The summed E-state index contributed by atoms with van der Waals surface area (Å²) in [5, 5.41) is 15.2. The summed E-state index contributed by atoms with van der Waals surface area (Å²) < 4.78 is 17.7. The van der Waals surface area contributed by atoms with Crippen LogP contribution in [0.15, 0.2) is 17.3 Å². The molecule has 1 saturated carbocycles. The largest absolute Gasteiger partial charge is 0.493 e. The fraction of sp³-hybridized carbons (Fsp3) is 0.500. The number of methoxy groups -OCH3 is 3. The van der Waals surface area contributed by atoms with E-state index in [1.807, 2.05) is 12.1 Å². The molecule has 1 aliphatic rings. The second-order valence-electron chi connectivity index (χ2n) is 5.74. The lowest BCUT2D eigenvalue weighted by molar-refractivity contribution is -0.118. The molecule has 0 saturated heterocycles. The number of nitrogens with zero attached hydrogens (tertiary/aromatic N) is 4. The Labute approximate surface area is 155 Å². The molecule has 1 aliphatic carbocycles. The molecule has 0 spiro atoms. The van der Waals surface area contributed by atoms with Gasteiger partial charge in [0.15, 0.2) is 11.5 Å². The van der Waals surface area contributed by atoms with Crippen molar-refractivity contribution in [1.82, 2.24) is 25.5 Å². The maximum atomic E-state index is 12.1. The topological polar surface area (TPSA) is 100 Å². The number of carbonyl (C=O) groups is 1. The number of rotatable bonds is 9. The third-order valence-electron chi connectivity index (χ3n) is 3.90. The fourth-order valence-electron chi connectivity index (χ4n) is 2.45. The minimum absolute atomic E-state index is 0.103. The first-order valence-corrected chi connectivity index (χ1v) is 9.11. The quantitative estimate of drug-likeness (QED) is 0.653. The molecule has 3 rings (SSSR count). The van der Waals surface area contributed by atoms with E-state index >= 15 is 0 Å². The molecule has 0 aliphatic heterocycles. The van der Waals surface area contributed by atoms with Crippen molar-refractivity contribution in [2.45, 2.75) is 30.6 Å². The highest BCUT2D eigenvalue weighted by Gasteiger charge is 2.28. The Morgan fingerprint density at radius 3 is 2.50 bits per heavy atom. The number of amides is 1. The summed E-state index contributed by atoms with van der Waals surface area (Å²) in [4.78, 5) is 12.1. The summed E-state index contributed by atoms with van der Waals surface area (Å²) in [6.07, 6.45) is 2.18. The lowest BCUT2D eigenvalue weighted by Gasteiger charge is -2.14. The van der Waals surface area contributed by atoms with Gasteiger partial charge in [0.25, 0.3) is 0 Å². The van der Waals surface area contributed by atoms with E-state index in [0.29, 0.717) is 35.0 Å². The lowest BCUT2D eigenvalue weighted by atomic mass is 10.2. The predicted molar refractivity (Wildman–Crippen MR) is 94.8 cm³/mol. The van der Waals surface area contributed by atoms with E-state index in [9.17, 15) is 4.79 Å². The van der Waals surface area contributed by atoms with Gasteiger partial charge in [0.2, 0.25) is 16.8 Å². The molecule has 0 radical (unpaired) electrons. The van der Waals surface area contributed by atoms with Crippen LogP contribution in [0.5, 0.6) is 17.2 Å². The SMILES string of the molecule is COc1cc(CNC(=O)CSc2nnnn2C2CC2)cc(OC)c1OC. The van der Waals surface area contributed by atoms with Crippen molar-refractivity contribution in [3.05, 3.63) is 17.7 Å². The van der Waals surface area contributed by atoms with E-state index in [1.165, 1.54) is 11.8 Å². The average Bonchev–Trinajstić information content (AvgIpc) is 3.41. The maximum Gasteiger partial charge on any atom is 0.230 e. The molecule has 10 heteroatoms. The van der Waals surface area contributed by atoms with Crippen molar-refractivity contribution < 1.29 is 19.0 Å². The third-order valence-corrected chi connectivity index (χ3v) is 4.84. The highest BCUT2D eigenvalue weighted by Crippen LogP contribution is 2.38.